The Kier molecular flexibility index (Phi) is 14.6. The number of carbonyl (C=O) groups is 1. The summed E-state index contributed by atoms with van der Waals surface area (Å²) >= 11 is 0. The summed E-state index contributed by atoms with van der Waals surface area (Å²) in [6.45, 7) is 3.57. The first-order valence-corrected chi connectivity index (χ1v) is 2.96. The van der Waals surface area contributed by atoms with Crippen LogP contribution >= 0.6 is 0 Å². The summed E-state index contributed by atoms with van der Waals surface area (Å²) < 4.78 is 0. The van der Waals surface area contributed by atoms with Gasteiger partial charge in [0.15, 0.2) is 0 Å². The van der Waals surface area contributed by atoms with E-state index < -0.39 is 0 Å². The van der Waals surface area contributed by atoms with E-state index >= 15 is 0 Å². The van der Waals surface area contributed by atoms with Gasteiger partial charge < -0.3 is 7.65 Å². The zero-order chi connectivity index (χ0) is 6.24. The van der Waals surface area contributed by atoms with Crippen LogP contribution in [0.5, 0.6) is 0 Å². The summed E-state index contributed by atoms with van der Waals surface area (Å²) in [6.07, 6.45) is 6.69. The Hall–Kier alpha value is 0.176. The largest absolute Gasteiger partial charge is 2.00 e. The molecule has 0 atom stereocenters. The molecule has 2 heteroatoms. The third kappa shape index (κ3) is 11.6. The van der Waals surface area contributed by atoms with Gasteiger partial charge in [-0.25, -0.2) is 0 Å². The Morgan fingerprint density at radius 2 is 1.89 bits per heavy atom. The molecule has 0 amide bonds. The van der Waals surface area contributed by atoms with Crippen molar-refractivity contribution in [2.24, 2.45) is 0 Å². The number of hydrogen-bond donors (Lipinski definition) is 0. The van der Waals surface area contributed by atoms with E-state index in [9.17, 15) is 4.79 Å². The van der Waals surface area contributed by atoms with E-state index in [0.29, 0.717) is 6.42 Å². The van der Waals surface area contributed by atoms with Crippen LogP contribution in [0.3, 0.4) is 0 Å². The zero-order valence-corrected chi connectivity index (χ0v) is 7.22. The molecule has 0 aromatic carbocycles. The van der Waals surface area contributed by atoms with Crippen molar-refractivity contribution < 1.29 is 7.65 Å². The van der Waals surface area contributed by atoms with Crippen LogP contribution < -0.4 is 0 Å². The Balaban J connectivity index is -0.0000000817. The van der Waals surface area contributed by atoms with E-state index in [0.717, 1.165) is 25.5 Å². The molecule has 0 aliphatic heterocycles. The Labute approximate surface area is 75.6 Å². The molecular weight excluding hydrogens is 124 g/mol. The molecule has 0 bridgehead atoms. The van der Waals surface area contributed by atoms with E-state index in [4.69, 9.17) is 0 Å². The van der Waals surface area contributed by atoms with Crippen LogP contribution in [-0.2, 0) is 4.79 Å². The maximum Gasteiger partial charge on any atom is 2.00 e. The second-order valence-electron chi connectivity index (χ2n) is 1.74. The minimum atomic E-state index is 0. The third-order valence-electron chi connectivity index (χ3n) is 0.980. The summed E-state index contributed by atoms with van der Waals surface area (Å²) in [5.74, 6) is 0. The molecule has 0 heterocycles. The zero-order valence-electron chi connectivity index (χ0n) is 7.81. The van der Waals surface area contributed by atoms with Gasteiger partial charge in [0.1, 0.15) is 6.29 Å². The minimum absolute atomic E-state index is 0. The molecule has 0 saturated carbocycles. The van der Waals surface area contributed by atoms with Crippen LogP contribution in [0.25, 0.3) is 0 Å². The van der Waals surface area contributed by atoms with Gasteiger partial charge in [0.25, 0.3) is 0 Å². The van der Waals surface area contributed by atoms with Gasteiger partial charge >= 0.3 is 23.1 Å². The number of allylic oxidation sites excluding steroid dienone is 1. The smallest absolute Gasteiger partial charge is 1.00 e. The summed E-state index contributed by atoms with van der Waals surface area (Å²) in [5, 5.41) is 0. The summed E-state index contributed by atoms with van der Waals surface area (Å²) in [4.78, 5) is 9.74. The standard InChI is InChI=1S/C7H12O.Mg.2H/c1-2-3-4-5-6-7-8;;;/h2,7H,1,3-6H2;;;/q;+2;2*-1. The van der Waals surface area contributed by atoms with Crippen LogP contribution in [0, 0.1) is 0 Å². The number of rotatable bonds is 5. The van der Waals surface area contributed by atoms with Gasteiger partial charge in [-0.3, -0.25) is 0 Å². The fraction of sp³-hybridized carbons (Fsp3) is 0.571. The van der Waals surface area contributed by atoms with Gasteiger partial charge in [-0.15, -0.1) is 6.58 Å². The molecule has 1 nitrogen and oxygen atoms in total. The van der Waals surface area contributed by atoms with E-state index in [-0.39, 0.29) is 25.9 Å². The summed E-state index contributed by atoms with van der Waals surface area (Å²) in [6, 6.07) is 0. The predicted octanol–water partition coefficient (Wildman–Crippen LogP) is 1.78. The minimum Gasteiger partial charge on any atom is -1.00 e. The van der Waals surface area contributed by atoms with Crippen molar-refractivity contribution in [3.8, 4) is 0 Å². The fourth-order valence-electron chi connectivity index (χ4n) is 0.516. The normalized spacial score (nSPS) is 7.56. The van der Waals surface area contributed by atoms with Crippen LogP contribution in [-0.4, -0.2) is 29.3 Å². The first-order valence-electron chi connectivity index (χ1n) is 2.96. The van der Waals surface area contributed by atoms with E-state index in [2.05, 4.69) is 6.58 Å². The van der Waals surface area contributed by atoms with E-state index in [1.54, 1.807) is 0 Å². The number of aldehydes is 1. The first kappa shape index (κ1) is 11.9. The van der Waals surface area contributed by atoms with Crippen molar-refractivity contribution in [1.82, 2.24) is 0 Å². The van der Waals surface area contributed by atoms with Crippen molar-refractivity contribution in [2.45, 2.75) is 25.7 Å². The summed E-state index contributed by atoms with van der Waals surface area (Å²) in [5.41, 5.74) is 0. The molecule has 0 aromatic rings. The molecular formula is C7H14MgO. The maximum atomic E-state index is 9.74. The van der Waals surface area contributed by atoms with Crippen LogP contribution in [0.15, 0.2) is 12.7 Å². The molecule has 0 spiro atoms. The molecule has 9 heavy (non-hydrogen) atoms. The van der Waals surface area contributed by atoms with Crippen molar-refractivity contribution in [2.75, 3.05) is 0 Å². The molecule has 0 rings (SSSR count). The third-order valence-corrected chi connectivity index (χ3v) is 0.980. The van der Waals surface area contributed by atoms with Gasteiger partial charge in [0.05, 0.1) is 0 Å². The number of hydrogen-bond acceptors (Lipinski definition) is 1. The molecule has 0 N–H and O–H groups in total. The van der Waals surface area contributed by atoms with Crippen LogP contribution in [0.4, 0.5) is 0 Å². The second kappa shape index (κ2) is 11.0. The molecule has 0 saturated heterocycles. The van der Waals surface area contributed by atoms with Gasteiger partial charge in [0.2, 0.25) is 0 Å². The molecule has 0 aromatic heterocycles. The van der Waals surface area contributed by atoms with Gasteiger partial charge in [0, 0.05) is 6.42 Å². The second-order valence-corrected chi connectivity index (χ2v) is 1.74. The average molecular weight is 138 g/mol. The van der Waals surface area contributed by atoms with E-state index in [1.807, 2.05) is 6.08 Å². The van der Waals surface area contributed by atoms with Crippen LogP contribution in [0.1, 0.15) is 28.5 Å². The van der Waals surface area contributed by atoms with Gasteiger partial charge in [-0.05, 0) is 19.3 Å². The van der Waals surface area contributed by atoms with Gasteiger partial charge in [-0.2, -0.15) is 0 Å². The molecule has 0 aliphatic rings. The van der Waals surface area contributed by atoms with Crippen molar-refractivity contribution >= 4 is 29.3 Å². The first-order chi connectivity index (χ1) is 3.91. The SMILES string of the molecule is C=CCCCCC=O.[H-].[H-].[Mg+2]. The topological polar surface area (TPSA) is 17.1 Å². The van der Waals surface area contributed by atoms with Crippen LogP contribution in [0.2, 0.25) is 0 Å². The van der Waals surface area contributed by atoms with Crippen molar-refractivity contribution in [3.05, 3.63) is 12.7 Å². The Morgan fingerprint density at radius 1 is 1.33 bits per heavy atom. The molecule has 0 aliphatic carbocycles. The average Bonchev–Trinajstić information content (AvgIpc) is 1.81. The molecule has 0 unspecified atom stereocenters. The predicted molar refractivity (Wildman–Crippen MR) is 42.7 cm³/mol. The molecule has 50 valence electrons. The van der Waals surface area contributed by atoms with Crippen molar-refractivity contribution in [1.29, 1.82) is 0 Å². The van der Waals surface area contributed by atoms with Gasteiger partial charge in [-0.1, -0.05) is 6.08 Å². The monoisotopic (exact) mass is 138 g/mol. The number of carbonyl (C=O) groups excluding carboxylic acids is 1. The Bertz CT molecular complexity index is 68.8. The quantitative estimate of drug-likeness (QED) is 0.245. The van der Waals surface area contributed by atoms with E-state index in [1.165, 1.54) is 0 Å². The summed E-state index contributed by atoms with van der Waals surface area (Å²) in [7, 11) is 0. The fourth-order valence-corrected chi connectivity index (χ4v) is 0.516. The number of unbranched alkanes of at least 4 members (excludes halogenated alkanes) is 3. The van der Waals surface area contributed by atoms with Crippen molar-refractivity contribution in [3.63, 3.8) is 0 Å². The molecule has 0 fully saturated rings. The molecule has 0 radical (unpaired) electrons. The Morgan fingerprint density at radius 3 is 2.33 bits per heavy atom. The maximum absolute atomic E-state index is 9.74.